The van der Waals surface area contributed by atoms with E-state index in [0.717, 1.165) is 0 Å². The summed E-state index contributed by atoms with van der Waals surface area (Å²) in [6.07, 6.45) is 0.591. The topological polar surface area (TPSA) is 17.1 Å². The van der Waals surface area contributed by atoms with Crippen LogP contribution in [0.4, 0.5) is 0 Å². The van der Waals surface area contributed by atoms with Crippen molar-refractivity contribution in [2.45, 2.75) is 25.1 Å². The fourth-order valence-electron chi connectivity index (χ4n) is 0.438. The Morgan fingerprint density at radius 2 is 2.11 bits per heavy atom. The first-order chi connectivity index (χ1) is 4.06. The van der Waals surface area contributed by atoms with Gasteiger partial charge in [0.15, 0.2) is 5.78 Å². The van der Waals surface area contributed by atoms with E-state index in [1.807, 2.05) is 6.92 Å². The molecule has 1 nitrogen and oxygen atoms in total. The van der Waals surface area contributed by atoms with Gasteiger partial charge in [-0.05, 0) is 13.3 Å². The molecule has 0 aromatic rings. The number of rotatable bonds is 3. The summed E-state index contributed by atoms with van der Waals surface area (Å²) in [4.78, 5) is 9.89. The first-order valence-corrected chi connectivity index (χ1v) is 3.74. The summed E-state index contributed by atoms with van der Waals surface area (Å²) in [5.74, 6) is 0.141. The molecule has 0 spiro atoms. The molecule has 0 aliphatic carbocycles. The lowest BCUT2D eigenvalue weighted by molar-refractivity contribution is -0.119. The predicted molar refractivity (Wildman–Crippen MR) is 40.3 cm³/mol. The molecule has 0 radical (unpaired) electrons. The van der Waals surface area contributed by atoms with Gasteiger partial charge in [0, 0.05) is 5.88 Å². The highest BCUT2D eigenvalue weighted by molar-refractivity contribution is 6.39. The van der Waals surface area contributed by atoms with Gasteiger partial charge in [-0.1, -0.05) is 6.92 Å². The Hall–Kier alpha value is 0.250. The fraction of sp³-hybridized carbons (Fsp3) is 0.833. The predicted octanol–water partition coefficient (Wildman–Crippen LogP) is 2.20. The number of halogens is 2. The largest absolute Gasteiger partial charge is 0.298 e. The maximum Gasteiger partial charge on any atom is 0.151 e. The Morgan fingerprint density at radius 1 is 1.67 bits per heavy atom. The Bertz CT molecular complexity index is 108. The molecule has 0 N–H and O–H groups in total. The van der Waals surface area contributed by atoms with Crippen molar-refractivity contribution < 1.29 is 4.79 Å². The van der Waals surface area contributed by atoms with Crippen LogP contribution in [-0.4, -0.2) is 16.5 Å². The minimum atomic E-state index is -0.818. The summed E-state index contributed by atoms with van der Waals surface area (Å²) in [6, 6.07) is 0. The second-order valence-electron chi connectivity index (χ2n) is 2.01. The highest BCUT2D eigenvalue weighted by atomic mass is 35.5. The third-order valence-corrected chi connectivity index (χ3v) is 2.66. The van der Waals surface area contributed by atoms with Crippen LogP contribution in [0.2, 0.25) is 0 Å². The zero-order valence-electron chi connectivity index (χ0n) is 5.58. The summed E-state index contributed by atoms with van der Waals surface area (Å²) < 4.78 is 0. The van der Waals surface area contributed by atoms with Gasteiger partial charge < -0.3 is 0 Å². The lowest BCUT2D eigenvalue weighted by Crippen LogP contribution is -2.31. The Kier molecular flexibility index (Phi) is 3.52. The van der Waals surface area contributed by atoms with Crippen molar-refractivity contribution in [2.24, 2.45) is 0 Å². The average molecular weight is 169 g/mol. The van der Waals surface area contributed by atoms with Crippen molar-refractivity contribution in [3.05, 3.63) is 0 Å². The van der Waals surface area contributed by atoms with Crippen molar-refractivity contribution in [3.63, 3.8) is 0 Å². The van der Waals surface area contributed by atoms with Crippen LogP contribution in [0, 0.1) is 0 Å². The SMILES string of the molecule is CCC(Cl)(CCl)C(C)=O. The monoisotopic (exact) mass is 168 g/mol. The van der Waals surface area contributed by atoms with Crippen LogP contribution in [0.15, 0.2) is 0 Å². The van der Waals surface area contributed by atoms with E-state index in [2.05, 4.69) is 0 Å². The van der Waals surface area contributed by atoms with Crippen LogP contribution >= 0.6 is 23.2 Å². The highest BCUT2D eigenvalue weighted by Crippen LogP contribution is 2.21. The molecule has 0 aliphatic heterocycles. The number of carbonyl (C=O) groups is 1. The summed E-state index contributed by atoms with van der Waals surface area (Å²) in [5, 5.41) is 0. The number of hydrogen-bond donors (Lipinski definition) is 0. The van der Waals surface area contributed by atoms with Gasteiger partial charge in [-0.2, -0.15) is 0 Å². The molecule has 0 amide bonds. The molecule has 0 saturated carbocycles. The molecule has 0 saturated heterocycles. The van der Waals surface area contributed by atoms with Gasteiger partial charge in [-0.25, -0.2) is 0 Å². The molecule has 3 heteroatoms. The van der Waals surface area contributed by atoms with E-state index in [-0.39, 0.29) is 11.7 Å². The van der Waals surface area contributed by atoms with Crippen LogP contribution in [-0.2, 0) is 4.79 Å². The molecule has 0 aromatic heterocycles. The molecular weight excluding hydrogens is 159 g/mol. The average Bonchev–Trinajstić information content (AvgIpc) is 1.86. The lowest BCUT2D eigenvalue weighted by Gasteiger charge is -2.17. The molecular formula is C6H10Cl2O. The van der Waals surface area contributed by atoms with Crippen LogP contribution in [0.25, 0.3) is 0 Å². The van der Waals surface area contributed by atoms with Crippen molar-refractivity contribution in [1.29, 1.82) is 0 Å². The number of hydrogen-bond acceptors (Lipinski definition) is 1. The summed E-state index contributed by atoms with van der Waals surface area (Å²) >= 11 is 11.2. The van der Waals surface area contributed by atoms with Gasteiger partial charge in [-0.3, -0.25) is 4.79 Å². The van der Waals surface area contributed by atoms with E-state index in [0.29, 0.717) is 6.42 Å². The molecule has 54 valence electrons. The number of Topliss-reactive ketones (excluding diaryl/α,β-unsaturated/α-hetero) is 1. The third-order valence-electron chi connectivity index (χ3n) is 1.40. The van der Waals surface area contributed by atoms with Gasteiger partial charge in [0.2, 0.25) is 0 Å². The maximum absolute atomic E-state index is 10.7. The molecule has 1 unspecified atom stereocenters. The van der Waals surface area contributed by atoms with E-state index in [9.17, 15) is 4.79 Å². The van der Waals surface area contributed by atoms with E-state index < -0.39 is 4.87 Å². The molecule has 0 aliphatic rings. The second kappa shape index (κ2) is 3.43. The van der Waals surface area contributed by atoms with Crippen LogP contribution < -0.4 is 0 Å². The zero-order valence-corrected chi connectivity index (χ0v) is 7.09. The minimum absolute atomic E-state index is 0.0540. The molecule has 0 heterocycles. The molecule has 9 heavy (non-hydrogen) atoms. The van der Waals surface area contributed by atoms with Crippen molar-refractivity contribution >= 4 is 29.0 Å². The summed E-state index contributed by atoms with van der Waals surface area (Å²) in [7, 11) is 0. The van der Waals surface area contributed by atoms with E-state index in [1.54, 1.807) is 0 Å². The smallest absolute Gasteiger partial charge is 0.151 e. The van der Waals surface area contributed by atoms with E-state index in [1.165, 1.54) is 6.92 Å². The van der Waals surface area contributed by atoms with E-state index in [4.69, 9.17) is 23.2 Å². The second-order valence-corrected chi connectivity index (χ2v) is 3.00. The highest BCUT2D eigenvalue weighted by Gasteiger charge is 2.29. The van der Waals surface area contributed by atoms with Crippen LogP contribution in [0.5, 0.6) is 0 Å². The Morgan fingerprint density at radius 3 is 2.11 bits per heavy atom. The Balaban J connectivity index is 4.09. The number of ketones is 1. The molecule has 0 fully saturated rings. The molecule has 0 aromatic carbocycles. The number of alkyl halides is 2. The van der Waals surface area contributed by atoms with Crippen molar-refractivity contribution in [1.82, 2.24) is 0 Å². The molecule has 0 bridgehead atoms. The summed E-state index contributed by atoms with van der Waals surface area (Å²) in [6.45, 7) is 3.30. The van der Waals surface area contributed by atoms with Gasteiger partial charge in [-0.15, -0.1) is 23.2 Å². The van der Waals surface area contributed by atoms with Crippen LogP contribution in [0.3, 0.4) is 0 Å². The lowest BCUT2D eigenvalue weighted by atomic mass is 10.0. The summed E-state index contributed by atoms with van der Waals surface area (Å²) in [5.41, 5.74) is 0. The van der Waals surface area contributed by atoms with Gasteiger partial charge in [0.1, 0.15) is 4.87 Å². The van der Waals surface area contributed by atoms with Gasteiger partial charge >= 0.3 is 0 Å². The van der Waals surface area contributed by atoms with Gasteiger partial charge in [0.05, 0.1) is 0 Å². The zero-order chi connectivity index (χ0) is 7.49. The molecule has 0 rings (SSSR count). The Labute approximate surface area is 65.3 Å². The first-order valence-electron chi connectivity index (χ1n) is 2.82. The third kappa shape index (κ3) is 2.15. The number of carbonyl (C=O) groups excluding carboxylic acids is 1. The first kappa shape index (κ1) is 9.25. The normalized spacial score (nSPS) is 16.9. The standard InChI is InChI=1S/C6H10Cl2O/c1-3-6(8,4-7)5(2)9/h3-4H2,1-2H3. The van der Waals surface area contributed by atoms with Crippen LogP contribution in [0.1, 0.15) is 20.3 Å². The maximum atomic E-state index is 10.7. The quantitative estimate of drug-likeness (QED) is 0.592. The minimum Gasteiger partial charge on any atom is -0.298 e. The molecule has 1 atom stereocenters. The van der Waals surface area contributed by atoms with Crippen molar-refractivity contribution in [3.8, 4) is 0 Å². The van der Waals surface area contributed by atoms with E-state index >= 15 is 0 Å². The van der Waals surface area contributed by atoms with Gasteiger partial charge in [0.25, 0.3) is 0 Å². The fourth-order valence-corrected chi connectivity index (χ4v) is 0.815. The van der Waals surface area contributed by atoms with Crippen molar-refractivity contribution in [2.75, 3.05) is 5.88 Å².